The maximum atomic E-state index is 3.92. The van der Waals surface area contributed by atoms with Crippen LogP contribution in [0.2, 0.25) is 0 Å². The van der Waals surface area contributed by atoms with Crippen molar-refractivity contribution in [3.05, 3.63) is 60.0 Å². The Morgan fingerprint density at radius 3 is 1.60 bits per heavy atom. The molecule has 1 radical (unpaired) electrons. The minimum absolute atomic E-state index is 0. The Morgan fingerprint density at radius 2 is 1.13 bits per heavy atom. The summed E-state index contributed by atoms with van der Waals surface area (Å²) >= 11 is 0. The number of hydrogen-bond donors (Lipinski definition) is 0. The molecule has 0 unspecified atom stereocenters. The van der Waals surface area contributed by atoms with E-state index in [1.165, 1.54) is 0 Å². The summed E-state index contributed by atoms with van der Waals surface area (Å²) < 4.78 is 0. The topological polar surface area (TPSA) is 52.9 Å². The van der Waals surface area contributed by atoms with Gasteiger partial charge in [0.25, 0.3) is 0 Å². The zero-order chi connectivity index (χ0) is 9.90. The molecule has 0 saturated carbocycles. The summed E-state index contributed by atoms with van der Waals surface area (Å²) in [6.45, 7) is 0. The minimum Gasteiger partial charge on any atom is -0.669 e. The van der Waals surface area contributed by atoms with Crippen LogP contribution in [0.25, 0.3) is 10.6 Å². The standard InChI is InChI=1S/C10H10N4.Co/c1-3-11-7-9-13-5-2-6-14-10-8-12-4-1;/h1-10H;/q-2;+2/b3-1-,6-2-,9-7-,10-8-,12-4-,13-5-;. The molecule has 0 aromatic heterocycles. The minimum atomic E-state index is 0. The SMILES string of the molecule is C1=C/[N-]\C=C/N=C\C=C/[N-]\C=C/N=C\1.[Co+2]. The molecule has 0 spiro atoms. The molecule has 5 heteroatoms. The fourth-order valence-electron chi connectivity index (χ4n) is 0.628. The van der Waals surface area contributed by atoms with Crippen molar-refractivity contribution in [2.24, 2.45) is 9.98 Å². The van der Waals surface area contributed by atoms with Gasteiger partial charge in [0.2, 0.25) is 0 Å². The molecule has 0 atom stereocenters. The van der Waals surface area contributed by atoms with Crippen molar-refractivity contribution >= 4 is 12.4 Å². The monoisotopic (exact) mass is 245 g/mol. The number of rotatable bonds is 0. The molecule has 1 aliphatic rings. The summed E-state index contributed by atoms with van der Waals surface area (Å²) in [5.74, 6) is 0. The molecule has 1 aliphatic heterocycles. The average molecular weight is 245 g/mol. The third kappa shape index (κ3) is 8.73. The van der Waals surface area contributed by atoms with Crippen LogP contribution in [0.4, 0.5) is 0 Å². The summed E-state index contributed by atoms with van der Waals surface area (Å²) in [5, 5.41) is 7.84. The Labute approximate surface area is 99.5 Å². The van der Waals surface area contributed by atoms with E-state index in [2.05, 4.69) is 20.6 Å². The molecule has 0 aliphatic carbocycles. The predicted octanol–water partition coefficient (Wildman–Crippen LogP) is 2.86. The second-order valence-corrected chi connectivity index (χ2v) is 2.17. The van der Waals surface area contributed by atoms with Crippen LogP contribution in [-0.4, -0.2) is 12.4 Å². The smallest absolute Gasteiger partial charge is 0.669 e. The number of aliphatic imine (C=N–C) groups is 2. The third-order valence-corrected chi connectivity index (χ3v) is 1.17. The molecule has 79 valence electrons. The first-order chi connectivity index (χ1) is 7.00. The fourth-order valence-corrected chi connectivity index (χ4v) is 0.628. The van der Waals surface area contributed by atoms with E-state index in [1.807, 2.05) is 0 Å². The van der Waals surface area contributed by atoms with Crippen molar-refractivity contribution in [3.63, 3.8) is 0 Å². The third-order valence-electron chi connectivity index (χ3n) is 1.17. The van der Waals surface area contributed by atoms with Crippen LogP contribution in [0.5, 0.6) is 0 Å². The van der Waals surface area contributed by atoms with Crippen LogP contribution in [0.15, 0.2) is 59.3 Å². The molecule has 0 aromatic carbocycles. The molecular formula is C10H10CoN4. The number of nitrogens with zero attached hydrogens (tertiary/aromatic N) is 4. The summed E-state index contributed by atoms with van der Waals surface area (Å²) in [5.41, 5.74) is 0. The van der Waals surface area contributed by atoms with Gasteiger partial charge in [0.05, 0.1) is 0 Å². The Kier molecular flexibility index (Phi) is 9.37. The molecule has 0 amide bonds. The van der Waals surface area contributed by atoms with Gasteiger partial charge < -0.3 is 10.6 Å². The van der Waals surface area contributed by atoms with E-state index in [0.29, 0.717) is 0 Å². The van der Waals surface area contributed by atoms with Gasteiger partial charge in [0, 0.05) is 24.8 Å². The zero-order valence-corrected chi connectivity index (χ0v) is 8.94. The van der Waals surface area contributed by atoms with Crippen LogP contribution >= 0.6 is 0 Å². The van der Waals surface area contributed by atoms with Gasteiger partial charge in [-0.25, -0.2) is 0 Å². The molecule has 0 bridgehead atoms. The normalized spacial score (nSPS) is 27.7. The molecule has 15 heavy (non-hydrogen) atoms. The molecule has 0 N–H and O–H groups in total. The van der Waals surface area contributed by atoms with E-state index in [-0.39, 0.29) is 16.8 Å². The van der Waals surface area contributed by atoms with Gasteiger partial charge in [0.15, 0.2) is 0 Å². The molecule has 1 heterocycles. The second kappa shape index (κ2) is 10.5. The van der Waals surface area contributed by atoms with E-state index in [9.17, 15) is 0 Å². The molecule has 1 rings (SSSR count). The van der Waals surface area contributed by atoms with E-state index >= 15 is 0 Å². The van der Waals surface area contributed by atoms with E-state index < -0.39 is 0 Å². The van der Waals surface area contributed by atoms with Crippen LogP contribution in [0.1, 0.15) is 0 Å². The van der Waals surface area contributed by atoms with Crippen molar-refractivity contribution in [1.29, 1.82) is 0 Å². The van der Waals surface area contributed by atoms with E-state index in [4.69, 9.17) is 0 Å². The van der Waals surface area contributed by atoms with Gasteiger partial charge in [-0.1, -0.05) is 12.2 Å². The van der Waals surface area contributed by atoms with E-state index in [0.717, 1.165) is 0 Å². The first-order valence-electron chi connectivity index (χ1n) is 4.07. The summed E-state index contributed by atoms with van der Waals surface area (Å²) in [6.07, 6.45) is 16.3. The van der Waals surface area contributed by atoms with Gasteiger partial charge in [-0.05, 0) is 0 Å². The van der Waals surface area contributed by atoms with Crippen LogP contribution in [0.3, 0.4) is 0 Å². The van der Waals surface area contributed by atoms with Crippen LogP contribution in [-0.2, 0) is 16.8 Å². The summed E-state index contributed by atoms with van der Waals surface area (Å²) in [4.78, 5) is 7.84. The molecule has 4 nitrogen and oxygen atoms in total. The Bertz CT molecular complexity index is 253. The van der Waals surface area contributed by atoms with Crippen molar-refractivity contribution in [2.45, 2.75) is 0 Å². The maximum absolute atomic E-state index is 3.92. The summed E-state index contributed by atoms with van der Waals surface area (Å²) in [6, 6.07) is 0. The Balaban J connectivity index is 0.00000196. The first-order valence-corrected chi connectivity index (χ1v) is 4.07. The summed E-state index contributed by atoms with van der Waals surface area (Å²) in [7, 11) is 0. The van der Waals surface area contributed by atoms with Crippen molar-refractivity contribution in [2.75, 3.05) is 0 Å². The maximum Gasteiger partial charge on any atom is 2.00 e. The molecule has 0 saturated heterocycles. The Hall–Kier alpha value is -1.59. The molecule has 0 aromatic rings. The predicted molar refractivity (Wildman–Crippen MR) is 60.3 cm³/mol. The van der Waals surface area contributed by atoms with Gasteiger partial charge in [0.1, 0.15) is 0 Å². The van der Waals surface area contributed by atoms with Crippen LogP contribution in [0, 0.1) is 0 Å². The Morgan fingerprint density at radius 1 is 0.667 bits per heavy atom. The van der Waals surface area contributed by atoms with E-state index in [1.54, 1.807) is 61.8 Å². The van der Waals surface area contributed by atoms with Crippen LogP contribution < -0.4 is 0 Å². The first kappa shape index (κ1) is 13.4. The quantitative estimate of drug-likeness (QED) is 0.630. The van der Waals surface area contributed by atoms with Crippen molar-refractivity contribution in [3.8, 4) is 0 Å². The fraction of sp³-hybridized carbons (Fsp3) is 0. The second-order valence-electron chi connectivity index (χ2n) is 2.17. The van der Waals surface area contributed by atoms with Gasteiger partial charge in [-0.15, -0.1) is 0 Å². The zero-order valence-electron chi connectivity index (χ0n) is 7.90. The van der Waals surface area contributed by atoms with Crippen molar-refractivity contribution in [1.82, 2.24) is 0 Å². The van der Waals surface area contributed by atoms with Gasteiger partial charge >= 0.3 is 16.8 Å². The van der Waals surface area contributed by atoms with Crippen molar-refractivity contribution < 1.29 is 16.8 Å². The largest absolute Gasteiger partial charge is 2.00 e. The van der Waals surface area contributed by atoms with Gasteiger partial charge in [-0.2, -0.15) is 24.8 Å². The average Bonchev–Trinajstić information content (AvgIpc) is 2.22. The van der Waals surface area contributed by atoms with Gasteiger partial charge in [-0.3, -0.25) is 9.98 Å². The number of hydrogen-bond acceptors (Lipinski definition) is 2. The molecular weight excluding hydrogens is 235 g/mol. The molecule has 0 fully saturated rings. The number of allylic oxidation sites excluding steroid dienone is 2.